The molecule has 2 rings (SSSR count). The second-order valence-corrected chi connectivity index (χ2v) is 4.44. The summed E-state index contributed by atoms with van der Waals surface area (Å²) in [5.41, 5.74) is 1.54. The number of hydrogen-bond acceptors (Lipinski definition) is 5. The van der Waals surface area contributed by atoms with Crippen molar-refractivity contribution in [3.05, 3.63) is 36.4 Å². The quantitative estimate of drug-likeness (QED) is 0.806. The van der Waals surface area contributed by atoms with Crippen molar-refractivity contribution in [3.63, 3.8) is 0 Å². The highest BCUT2D eigenvalue weighted by molar-refractivity contribution is 6.04. The summed E-state index contributed by atoms with van der Waals surface area (Å²) in [6.07, 6.45) is 1.43. The standard InChI is InChI=1S/C15H18N2O4/c1-4-7-16-15(18)14-9-11(17-21-14)10-5-6-12(19-2)13(8-10)20-3/h4-6,8,14H,1,7,9H2,2-3H3,(H,16,18)/t14-/m0/s1. The number of amides is 1. The van der Waals surface area contributed by atoms with Gasteiger partial charge in [-0.3, -0.25) is 4.79 Å². The zero-order valence-corrected chi connectivity index (χ0v) is 12.1. The Labute approximate surface area is 123 Å². The molecular formula is C15H18N2O4. The van der Waals surface area contributed by atoms with Gasteiger partial charge in [-0.2, -0.15) is 0 Å². The average Bonchev–Trinajstić information content (AvgIpc) is 3.01. The molecule has 0 saturated carbocycles. The lowest BCUT2D eigenvalue weighted by Gasteiger charge is -2.09. The molecule has 0 aromatic heterocycles. The minimum absolute atomic E-state index is 0.200. The predicted molar refractivity (Wildman–Crippen MR) is 78.8 cm³/mol. The molecule has 0 unspecified atom stereocenters. The van der Waals surface area contributed by atoms with Crippen molar-refractivity contribution in [1.82, 2.24) is 5.32 Å². The molecule has 0 radical (unpaired) electrons. The molecule has 1 aliphatic rings. The minimum atomic E-state index is -0.604. The summed E-state index contributed by atoms with van der Waals surface area (Å²) >= 11 is 0. The van der Waals surface area contributed by atoms with Gasteiger partial charge >= 0.3 is 0 Å². The summed E-state index contributed by atoms with van der Waals surface area (Å²) in [6.45, 7) is 3.95. The number of nitrogens with one attached hydrogen (secondary N) is 1. The Morgan fingerprint density at radius 1 is 1.48 bits per heavy atom. The molecule has 1 amide bonds. The van der Waals surface area contributed by atoms with Gasteiger partial charge in [-0.15, -0.1) is 6.58 Å². The summed E-state index contributed by atoms with van der Waals surface area (Å²) in [6, 6.07) is 5.46. The van der Waals surface area contributed by atoms with E-state index in [1.54, 1.807) is 26.4 Å². The molecule has 1 aromatic carbocycles. The Kier molecular flexibility index (Phi) is 4.81. The molecule has 1 heterocycles. The van der Waals surface area contributed by atoms with E-state index < -0.39 is 6.10 Å². The summed E-state index contributed by atoms with van der Waals surface area (Å²) in [5.74, 6) is 1.05. The van der Waals surface area contributed by atoms with Crippen LogP contribution in [0.15, 0.2) is 36.0 Å². The Morgan fingerprint density at radius 3 is 2.90 bits per heavy atom. The van der Waals surface area contributed by atoms with Gasteiger partial charge in [-0.1, -0.05) is 11.2 Å². The summed E-state index contributed by atoms with van der Waals surface area (Å²) in [5, 5.41) is 6.67. The van der Waals surface area contributed by atoms with Crippen molar-refractivity contribution >= 4 is 11.6 Å². The second kappa shape index (κ2) is 6.78. The maximum absolute atomic E-state index is 11.8. The molecule has 21 heavy (non-hydrogen) atoms. The zero-order valence-electron chi connectivity index (χ0n) is 12.1. The lowest BCUT2D eigenvalue weighted by atomic mass is 10.0. The number of hydrogen-bond donors (Lipinski definition) is 1. The molecule has 1 N–H and O–H groups in total. The first-order chi connectivity index (χ1) is 10.2. The van der Waals surface area contributed by atoms with Crippen molar-refractivity contribution in [3.8, 4) is 11.5 Å². The van der Waals surface area contributed by atoms with Gasteiger partial charge in [0.15, 0.2) is 11.5 Å². The highest BCUT2D eigenvalue weighted by Crippen LogP contribution is 2.29. The molecule has 0 aliphatic carbocycles. The van der Waals surface area contributed by atoms with Crippen molar-refractivity contribution in [2.75, 3.05) is 20.8 Å². The zero-order chi connectivity index (χ0) is 15.2. The Hall–Kier alpha value is -2.50. The lowest BCUT2D eigenvalue weighted by molar-refractivity contribution is -0.130. The van der Waals surface area contributed by atoms with Gasteiger partial charge in [0, 0.05) is 18.5 Å². The van der Waals surface area contributed by atoms with Crippen molar-refractivity contribution in [2.24, 2.45) is 5.16 Å². The van der Waals surface area contributed by atoms with Gasteiger partial charge in [-0.25, -0.2) is 0 Å². The van der Waals surface area contributed by atoms with Gasteiger partial charge in [0.05, 0.1) is 19.9 Å². The fourth-order valence-corrected chi connectivity index (χ4v) is 1.99. The molecule has 1 aromatic rings. The molecule has 112 valence electrons. The van der Waals surface area contributed by atoms with E-state index in [2.05, 4.69) is 17.1 Å². The van der Waals surface area contributed by atoms with Crippen LogP contribution in [0, 0.1) is 0 Å². The van der Waals surface area contributed by atoms with E-state index in [0.717, 1.165) is 5.56 Å². The van der Waals surface area contributed by atoms with E-state index in [1.165, 1.54) is 0 Å². The van der Waals surface area contributed by atoms with Crippen LogP contribution in [0.3, 0.4) is 0 Å². The number of oxime groups is 1. The van der Waals surface area contributed by atoms with E-state index in [1.807, 2.05) is 12.1 Å². The first-order valence-corrected chi connectivity index (χ1v) is 6.53. The Morgan fingerprint density at radius 2 is 2.24 bits per heavy atom. The van der Waals surface area contributed by atoms with Crippen LogP contribution in [0.25, 0.3) is 0 Å². The highest BCUT2D eigenvalue weighted by atomic mass is 16.6. The molecule has 1 atom stereocenters. The summed E-state index contributed by atoms with van der Waals surface area (Å²) < 4.78 is 10.4. The van der Waals surface area contributed by atoms with E-state index in [0.29, 0.717) is 30.2 Å². The number of benzene rings is 1. The van der Waals surface area contributed by atoms with Crippen LogP contribution in [0.1, 0.15) is 12.0 Å². The number of rotatable bonds is 6. The highest BCUT2D eigenvalue weighted by Gasteiger charge is 2.28. The van der Waals surface area contributed by atoms with Crippen LogP contribution < -0.4 is 14.8 Å². The SMILES string of the molecule is C=CCNC(=O)[C@@H]1CC(c2ccc(OC)c(OC)c2)=NO1. The van der Waals surface area contributed by atoms with E-state index in [9.17, 15) is 4.79 Å². The normalized spacial score (nSPS) is 16.7. The van der Waals surface area contributed by atoms with Gasteiger partial charge in [0.2, 0.25) is 6.10 Å². The molecule has 0 spiro atoms. The number of carbonyl (C=O) groups is 1. The van der Waals surface area contributed by atoms with Crippen LogP contribution in [-0.4, -0.2) is 38.5 Å². The van der Waals surface area contributed by atoms with E-state index in [-0.39, 0.29) is 5.91 Å². The van der Waals surface area contributed by atoms with Crippen molar-refractivity contribution in [1.29, 1.82) is 0 Å². The molecular weight excluding hydrogens is 272 g/mol. The average molecular weight is 290 g/mol. The van der Waals surface area contributed by atoms with Gasteiger partial charge in [0.1, 0.15) is 0 Å². The largest absolute Gasteiger partial charge is 0.493 e. The topological polar surface area (TPSA) is 69.2 Å². The Balaban J connectivity index is 2.07. The molecule has 0 bridgehead atoms. The maximum atomic E-state index is 11.8. The third kappa shape index (κ3) is 3.34. The first kappa shape index (κ1) is 14.9. The molecule has 1 aliphatic heterocycles. The molecule has 0 fully saturated rings. The van der Waals surface area contributed by atoms with Crippen LogP contribution >= 0.6 is 0 Å². The molecule has 6 heteroatoms. The van der Waals surface area contributed by atoms with Gasteiger partial charge < -0.3 is 19.6 Å². The fourth-order valence-electron chi connectivity index (χ4n) is 1.99. The lowest BCUT2D eigenvalue weighted by Crippen LogP contribution is -2.34. The van der Waals surface area contributed by atoms with E-state index in [4.69, 9.17) is 14.3 Å². The van der Waals surface area contributed by atoms with Gasteiger partial charge in [-0.05, 0) is 18.2 Å². The minimum Gasteiger partial charge on any atom is -0.493 e. The third-order valence-electron chi connectivity index (χ3n) is 3.10. The second-order valence-electron chi connectivity index (χ2n) is 4.44. The third-order valence-corrected chi connectivity index (χ3v) is 3.10. The van der Waals surface area contributed by atoms with Crippen LogP contribution in [0.2, 0.25) is 0 Å². The number of nitrogens with zero attached hydrogens (tertiary/aromatic N) is 1. The Bertz CT molecular complexity index is 569. The van der Waals surface area contributed by atoms with Crippen molar-refractivity contribution in [2.45, 2.75) is 12.5 Å². The summed E-state index contributed by atoms with van der Waals surface area (Å²) in [7, 11) is 3.15. The fraction of sp³-hybridized carbons (Fsp3) is 0.333. The first-order valence-electron chi connectivity index (χ1n) is 6.53. The number of ether oxygens (including phenoxy) is 2. The van der Waals surface area contributed by atoms with Crippen LogP contribution in [0.4, 0.5) is 0 Å². The molecule has 6 nitrogen and oxygen atoms in total. The summed E-state index contributed by atoms with van der Waals surface area (Å²) in [4.78, 5) is 17.0. The van der Waals surface area contributed by atoms with Crippen LogP contribution in [-0.2, 0) is 9.63 Å². The van der Waals surface area contributed by atoms with Crippen molar-refractivity contribution < 1.29 is 19.1 Å². The van der Waals surface area contributed by atoms with Gasteiger partial charge in [0.25, 0.3) is 5.91 Å². The van der Waals surface area contributed by atoms with E-state index >= 15 is 0 Å². The predicted octanol–water partition coefficient (Wildman–Crippen LogP) is 1.50. The number of methoxy groups -OCH3 is 2. The maximum Gasteiger partial charge on any atom is 0.264 e. The van der Waals surface area contributed by atoms with Crippen LogP contribution in [0.5, 0.6) is 11.5 Å². The molecule has 0 saturated heterocycles. The smallest absolute Gasteiger partial charge is 0.264 e. The monoisotopic (exact) mass is 290 g/mol. The number of carbonyl (C=O) groups excluding carboxylic acids is 1.